The van der Waals surface area contributed by atoms with Gasteiger partial charge in [0.1, 0.15) is 0 Å². The number of hydrogen-bond acceptors (Lipinski definition) is 3. The minimum Gasteiger partial charge on any atom is -0.491 e. The second kappa shape index (κ2) is 5.91. The fourth-order valence-corrected chi connectivity index (χ4v) is 2.58. The second-order valence-electron chi connectivity index (χ2n) is 4.04. The Morgan fingerprint density at radius 2 is 2.33 bits per heavy atom. The summed E-state index contributed by atoms with van der Waals surface area (Å²) in [7, 11) is 0. The van der Waals surface area contributed by atoms with E-state index in [9.17, 15) is 4.79 Å². The molecule has 6 heteroatoms. The molecule has 1 aliphatic heterocycles. The van der Waals surface area contributed by atoms with E-state index in [1.54, 1.807) is 12.1 Å². The lowest BCUT2D eigenvalue weighted by molar-refractivity contribution is -0.121. The average Bonchev–Trinajstić information content (AvgIpc) is 2.20. The Bertz CT molecular complexity index is 464. The molecular formula is C12H14BrClN2O2. The second-order valence-corrected chi connectivity index (χ2v) is 5.33. The summed E-state index contributed by atoms with van der Waals surface area (Å²) in [5, 5.41) is 6.47. The number of carbonyl (C=O) groups is 1. The van der Waals surface area contributed by atoms with Crippen LogP contribution >= 0.6 is 27.5 Å². The van der Waals surface area contributed by atoms with Crippen molar-refractivity contribution in [1.82, 2.24) is 5.32 Å². The number of nitrogens with one attached hydrogen (secondary N) is 2. The predicted octanol–water partition coefficient (Wildman–Crippen LogP) is 2.66. The van der Waals surface area contributed by atoms with Gasteiger partial charge in [-0.05, 0) is 35.0 Å². The molecule has 0 atom stereocenters. The summed E-state index contributed by atoms with van der Waals surface area (Å²) in [6.45, 7) is 3.85. The molecule has 0 unspecified atom stereocenters. The Labute approximate surface area is 119 Å². The third-order valence-electron chi connectivity index (χ3n) is 2.71. The predicted molar refractivity (Wildman–Crippen MR) is 75.3 cm³/mol. The fraction of sp³-hybridized carbons (Fsp3) is 0.417. The van der Waals surface area contributed by atoms with Crippen molar-refractivity contribution in [3.63, 3.8) is 0 Å². The van der Waals surface area contributed by atoms with Gasteiger partial charge in [0.25, 0.3) is 0 Å². The quantitative estimate of drug-likeness (QED) is 0.890. The van der Waals surface area contributed by atoms with E-state index in [2.05, 4.69) is 26.6 Å². The van der Waals surface area contributed by atoms with Gasteiger partial charge in [0.05, 0.1) is 22.7 Å². The van der Waals surface area contributed by atoms with Crippen LogP contribution in [0.15, 0.2) is 16.6 Å². The molecule has 0 radical (unpaired) electrons. The smallest absolute Gasteiger partial charge is 0.230 e. The lowest BCUT2D eigenvalue weighted by Gasteiger charge is -2.26. The monoisotopic (exact) mass is 332 g/mol. The van der Waals surface area contributed by atoms with Gasteiger partial charge in [0.15, 0.2) is 5.75 Å². The maximum atomic E-state index is 11.9. The van der Waals surface area contributed by atoms with E-state index in [-0.39, 0.29) is 11.8 Å². The molecule has 1 fully saturated rings. The summed E-state index contributed by atoms with van der Waals surface area (Å²) in [6, 6.07) is 3.44. The van der Waals surface area contributed by atoms with E-state index in [1.165, 1.54) is 0 Å². The Hall–Kier alpha value is -0.780. The number of ether oxygens (including phenoxy) is 1. The molecule has 0 bridgehead atoms. The number of amides is 1. The normalized spacial score (nSPS) is 15.1. The highest BCUT2D eigenvalue weighted by molar-refractivity contribution is 9.10. The summed E-state index contributed by atoms with van der Waals surface area (Å²) in [4.78, 5) is 11.9. The van der Waals surface area contributed by atoms with E-state index in [0.29, 0.717) is 23.1 Å². The van der Waals surface area contributed by atoms with Gasteiger partial charge in [-0.2, -0.15) is 0 Å². The van der Waals surface area contributed by atoms with E-state index in [4.69, 9.17) is 16.3 Å². The van der Waals surface area contributed by atoms with Crippen molar-refractivity contribution in [2.24, 2.45) is 5.92 Å². The maximum Gasteiger partial charge on any atom is 0.230 e. The van der Waals surface area contributed by atoms with E-state index < -0.39 is 0 Å². The van der Waals surface area contributed by atoms with E-state index >= 15 is 0 Å². The molecule has 0 saturated carbocycles. The minimum atomic E-state index is -0.0103. The molecule has 1 saturated heterocycles. The van der Waals surface area contributed by atoms with Gasteiger partial charge in [-0.15, -0.1) is 0 Å². The third-order valence-corrected chi connectivity index (χ3v) is 3.51. The van der Waals surface area contributed by atoms with Crippen LogP contribution in [0.25, 0.3) is 0 Å². The summed E-state index contributed by atoms with van der Waals surface area (Å²) in [6.07, 6.45) is 0. The van der Waals surface area contributed by atoms with Crippen LogP contribution in [0.2, 0.25) is 5.02 Å². The van der Waals surface area contributed by atoms with Crippen molar-refractivity contribution in [2.45, 2.75) is 6.92 Å². The maximum absolute atomic E-state index is 11.9. The zero-order valence-electron chi connectivity index (χ0n) is 9.93. The van der Waals surface area contributed by atoms with Crippen LogP contribution in [0.4, 0.5) is 5.69 Å². The lowest BCUT2D eigenvalue weighted by Crippen LogP contribution is -2.48. The Morgan fingerprint density at radius 1 is 1.61 bits per heavy atom. The lowest BCUT2D eigenvalue weighted by atomic mass is 10.0. The van der Waals surface area contributed by atoms with Crippen LogP contribution in [0.1, 0.15) is 6.92 Å². The standard InChI is InChI=1S/C12H14BrClN2O2/c1-2-18-11-9(13)3-8(14)4-10(11)16-12(17)7-5-15-6-7/h3-4,7,15H,2,5-6H2,1H3,(H,16,17). The molecule has 1 aromatic rings. The van der Waals surface area contributed by atoms with Gasteiger partial charge >= 0.3 is 0 Å². The summed E-state index contributed by atoms with van der Waals surface area (Å²) in [5.74, 6) is 0.628. The topological polar surface area (TPSA) is 50.4 Å². The number of carbonyl (C=O) groups excluding carboxylic acids is 1. The number of benzene rings is 1. The van der Waals surface area contributed by atoms with Crippen LogP contribution in [0.3, 0.4) is 0 Å². The first-order valence-corrected chi connectivity index (χ1v) is 6.92. The van der Waals surface area contributed by atoms with Crippen molar-refractivity contribution in [3.05, 3.63) is 21.6 Å². The first-order chi connectivity index (χ1) is 8.61. The molecule has 2 rings (SSSR count). The first kappa shape index (κ1) is 13.6. The van der Waals surface area contributed by atoms with Gasteiger partial charge in [-0.3, -0.25) is 4.79 Å². The molecular weight excluding hydrogens is 320 g/mol. The van der Waals surface area contributed by atoms with Crippen molar-refractivity contribution in [3.8, 4) is 5.75 Å². The highest BCUT2D eigenvalue weighted by atomic mass is 79.9. The number of rotatable bonds is 4. The Balaban J connectivity index is 2.21. The van der Waals surface area contributed by atoms with Crippen molar-refractivity contribution >= 4 is 39.1 Å². The largest absolute Gasteiger partial charge is 0.491 e. The van der Waals surface area contributed by atoms with Gasteiger partial charge in [-0.25, -0.2) is 0 Å². The van der Waals surface area contributed by atoms with Crippen LogP contribution in [-0.2, 0) is 4.79 Å². The van der Waals surface area contributed by atoms with Gasteiger partial charge in [0, 0.05) is 18.1 Å². The highest BCUT2D eigenvalue weighted by Gasteiger charge is 2.26. The minimum absolute atomic E-state index is 0.0103. The van der Waals surface area contributed by atoms with Crippen LogP contribution in [0.5, 0.6) is 5.75 Å². The van der Waals surface area contributed by atoms with Crippen molar-refractivity contribution < 1.29 is 9.53 Å². The summed E-state index contributed by atoms with van der Waals surface area (Å²) >= 11 is 9.37. The molecule has 98 valence electrons. The van der Waals surface area contributed by atoms with Crippen molar-refractivity contribution in [1.29, 1.82) is 0 Å². The SMILES string of the molecule is CCOc1c(Br)cc(Cl)cc1NC(=O)C1CNC1. The van der Waals surface area contributed by atoms with Gasteiger partial charge < -0.3 is 15.4 Å². The van der Waals surface area contributed by atoms with Crippen LogP contribution in [-0.4, -0.2) is 25.6 Å². The third kappa shape index (κ3) is 2.96. The van der Waals surface area contributed by atoms with E-state index in [1.807, 2.05) is 6.92 Å². The molecule has 18 heavy (non-hydrogen) atoms. The van der Waals surface area contributed by atoms with Gasteiger partial charge in [0.2, 0.25) is 5.91 Å². The Kier molecular flexibility index (Phi) is 4.48. The highest BCUT2D eigenvalue weighted by Crippen LogP contribution is 2.36. The van der Waals surface area contributed by atoms with E-state index in [0.717, 1.165) is 17.6 Å². The molecule has 0 spiro atoms. The number of halogens is 2. The average molecular weight is 334 g/mol. The van der Waals surface area contributed by atoms with Crippen molar-refractivity contribution in [2.75, 3.05) is 25.0 Å². The van der Waals surface area contributed by atoms with Crippen LogP contribution in [0, 0.1) is 5.92 Å². The molecule has 1 heterocycles. The zero-order chi connectivity index (χ0) is 13.1. The molecule has 1 amide bonds. The van der Waals surface area contributed by atoms with Gasteiger partial charge in [-0.1, -0.05) is 11.6 Å². The molecule has 0 aliphatic carbocycles. The molecule has 0 aromatic heterocycles. The fourth-order valence-electron chi connectivity index (χ4n) is 1.65. The zero-order valence-corrected chi connectivity index (χ0v) is 12.3. The first-order valence-electron chi connectivity index (χ1n) is 5.75. The summed E-state index contributed by atoms with van der Waals surface area (Å²) < 4.78 is 6.25. The number of anilines is 1. The molecule has 1 aliphatic rings. The number of hydrogen-bond donors (Lipinski definition) is 2. The molecule has 2 N–H and O–H groups in total. The summed E-state index contributed by atoms with van der Waals surface area (Å²) in [5.41, 5.74) is 0.605. The van der Waals surface area contributed by atoms with Crippen LogP contribution < -0.4 is 15.4 Å². The Morgan fingerprint density at radius 3 is 2.89 bits per heavy atom. The molecule has 1 aromatic carbocycles. The molecule has 4 nitrogen and oxygen atoms in total.